The van der Waals surface area contributed by atoms with Crippen molar-refractivity contribution < 1.29 is 13.6 Å². The zero-order valence-electron chi connectivity index (χ0n) is 12.7. The third-order valence-corrected chi connectivity index (χ3v) is 4.09. The molecule has 3 rings (SSSR count). The fourth-order valence-electron chi connectivity index (χ4n) is 2.79. The first kappa shape index (κ1) is 14.8. The second kappa shape index (κ2) is 6.36. The van der Waals surface area contributed by atoms with Crippen molar-refractivity contribution in [3.05, 3.63) is 29.9 Å². The number of nitrogens with zero attached hydrogens (tertiary/aromatic N) is 1. The number of furan rings is 1. The minimum absolute atomic E-state index is 0.0251. The Morgan fingerprint density at radius 3 is 2.86 bits per heavy atom. The zero-order valence-corrected chi connectivity index (χ0v) is 12.7. The summed E-state index contributed by atoms with van der Waals surface area (Å²) in [5, 5.41) is 3.06. The van der Waals surface area contributed by atoms with Crippen LogP contribution in [0.2, 0.25) is 0 Å². The second-order valence-corrected chi connectivity index (χ2v) is 5.86. The lowest BCUT2D eigenvalue weighted by Crippen LogP contribution is -2.41. The summed E-state index contributed by atoms with van der Waals surface area (Å²) in [6.45, 7) is 1.81. The predicted octanol–water partition coefficient (Wildman–Crippen LogP) is 2.17. The van der Waals surface area contributed by atoms with E-state index in [1.807, 2.05) is 6.92 Å². The number of oxazole rings is 1. The highest BCUT2D eigenvalue weighted by atomic mass is 16.4. The highest BCUT2D eigenvalue weighted by Gasteiger charge is 2.21. The number of amides is 1. The van der Waals surface area contributed by atoms with E-state index in [0.29, 0.717) is 23.1 Å². The smallest absolute Gasteiger partial charge is 0.263 e. The molecule has 2 aromatic rings. The SMILES string of the molecule is Cc1oc(-c2ccco2)nc1CC(=O)NC1CCC(N)CC1. The first-order chi connectivity index (χ1) is 10.6. The van der Waals surface area contributed by atoms with Gasteiger partial charge < -0.3 is 19.9 Å². The number of rotatable bonds is 4. The number of nitrogens with one attached hydrogen (secondary N) is 1. The average Bonchev–Trinajstić information content (AvgIpc) is 3.12. The van der Waals surface area contributed by atoms with E-state index in [1.165, 1.54) is 0 Å². The molecule has 2 aromatic heterocycles. The average molecular weight is 303 g/mol. The second-order valence-electron chi connectivity index (χ2n) is 5.86. The molecule has 1 aliphatic carbocycles. The Morgan fingerprint density at radius 2 is 2.18 bits per heavy atom. The minimum Gasteiger partial charge on any atom is -0.459 e. The molecule has 1 aliphatic rings. The van der Waals surface area contributed by atoms with Gasteiger partial charge in [0.25, 0.3) is 5.89 Å². The number of hydrogen-bond acceptors (Lipinski definition) is 5. The summed E-state index contributed by atoms with van der Waals surface area (Å²) in [6.07, 6.45) is 5.62. The monoisotopic (exact) mass is 303 g/mol. The Balaban J connectivity index is 1.60. The van der Waals surface area contributed by atoms with Crippen molar-refractivity contribution in [3.63, 3.8) is 0 Å². The molecule has 0 radical (unpaired) electrons. The minimum atomic E-state index is -0.0251. The number of carbonyl (C=O) groups excluding carboxylic acids is 1. The van der Waals surface area contributed by atoms with Crippen LogP contribution >= 0.6 is 0 Å². The molecule has 0 saturated heterocycles. The summed E-state index contributed by atoms with van der Waals surface area (Å²) in [5.41, 5.74) is 6.53. The molecule has 0 bridgehead atoms. The summed E-state index contributed by atoms with van der Waals surface area (Å²) in [7, 11) is 0. The molecule has 0 aliphatic heterocycles. The molecule has 0 aromatic carbocycles. The Kier molecular flexibility index (Phi) is 4.29. The fraction of sp³-hybridized carbons (Fsp3) is 0.500. The maximum absolute atomic E-state index is 12.2. The van der Waals surface area contributed by atoms with Crippen molar-refractivity contribution >= 4 is 5.91 Å². The quantitative estimate of drug-likeness (QED) is 0.902. The van der Waals surface area contributed by atoms with Crippen molar-refractivity contribution in [2.24, 2.45) is 5.73 Å². The van der Waals surface area contributed by atoms with Gasteiger partial charge in [0.05, 0.1) is 18.4 Å². The number of nitrogens with two attached hydrogens (primary N) is 1. The van der Waals surface area contributed by atoms with Crippen molar-refractivity contribution in [2.45, 2.75) is 51.1 Å². The third kappa shape index (κ3) is 3.39. The standard InChI is InChI=1S/C16H21N3O3/c1-10-13(19-16(22-10)14-3-2-8-21-14)9-15(20)18-12-6-4-11(17)5-7-12/h2-3,8,11-12H,4-7,9,17H2,1H3,(H,18,20). The molecular weight excluding hydrogens is 282 g/mol. The molecule has 6 nitrogen and oxygen atoms in total. The van der Waals surface area contributed by atoms with E-state index in [2.05, 4.69) is 10.3 Å². The molecule has 0 unspecified atom stereocenters. The van der Waals surface area contributed by atoms with E-state index in [-0.39, 0.29) is 24.4 Å². The van der Waals surface area contributed by atoms with Crippen LogP contribution in [0.1, 0.15) is 37.1 Å². The van der Waals surface area contributed by atoms with Crippen molar-refractivity contribution in [3.8, 4) is 11.7 Å². The topological polar surface area (TPSA) is 94.3 Å². The van der Waals surface area contributed by atoms with Gasteiger partial charge in [-0.25, -0.2) is 4.98 Å². The number of hydrogen-bond donors (Lipinski definition) is 2. The van der Waals surface area contributed by atoms with Gasteiger partial charge in [0.15, 0.2) is 5.76 Å². The summed E-state index contributed by atoms with van der Waals surface area (Å²) in [6, 6.07) is 4.06. The molecule has 3 N–H and O–H groups in total. The Bertz CT molecular complexity index is 625. The Hall–Kier alpha value is -2.08. The zero-order chi connectivity index (χ0) is 15.5. The number of carbonyl (C=O) groups is 1. The number of aryl methyl sites for hydroxylation is 1. The first-order valence-corrected chi connectivity index (χ1v) is 7.67. The third-order valence-electron chi connectivity index (χ3n) is 4.09. The molecule has 6 heteroatoms. The van der Waals surface area contributed by atoms with Crippen LogP contribution in [0.25, 0.3) is 11.7 Å². The van der Waals surface area contributed by atoms with Gasteiger partial charge in [-0.2, -0.15) is 0 Å². The Morgan fingerprint density at radius 1 is 1.41 bits per heavy atom. The van der Waals surface area contributed by atoms with Gasteiger partial charge in [-0.3, -0.25) is 4.79 Å². The van der Waals surface area contributed by atoms with E-state index in [1.54, 1.807) is 18.4 Å². The molecular formula is C16H21N3O3. The molecule has 22 heavy (non-hydrogen) atoms. The van der Waals surface area contributed by atoms with Crippen LogP contribution in [-0.4, -0.2) is 23.0 Å². The maximum Gasteiger partial charge on any atom is 0.263 e. The highest BCUT2D eigenvalue weighted by molar-refractivity contribution is 5.78. The predicted molar refractivity (Wildman–Crippen MR) is 81.0 cm³/mol. The molecule has 118 valence electrons. The van der Waals surface area contributed by atoms with Crippen LogP contribution in [0, 0.1) is 6.92 Å². The van der Waals surface area contributed by atoms with Gasteiger partial charge in [-0.15, -0.1) is 0 Å². The van der Waals surface area contributed by atoms with E-state index in [9.17, 15) is 4.79 Å². The van der Waals surface area contributed by atoms with Crippen molar-refractivity contribution in [2.75, 3.05) is 0 Å². The van der Waals surface area contributed by atoms with Crippen LogP contribution in [0.15, 0.2) is 27.2 Å². The lowest BCUT2D eigenvalue weighted by Gasteiger charge is -2.26. The van der Waals surface area contributed by atoms with Crippen LogP contribution in [0.3, 0.4) is 0 Å². The van der Waals surface area contributed by atoms with Crippen LogP contribution in [-0.2, 0) is 11.2 Å². The first-order valence-electron chi connectivity index (χ1n) is 7.67. The maximum atomic E-state index is 12.2. The van der Waals surface area contributed by atoms with Gasteiger partial charge in [0, 0.05) is 12.1 Å². The summed E-state index contributed by atoms with van der Waals surface area (Å²) < 4.78 is 10.8. The van der Waals surface area contributed by atoms with E-state index >= 15 is 0 Å². The lowest BCUT2D eigenvalue weighted by atomic mass is 9.92. The summed E-state index contributed by atoms with van der Waals surface area (Å²) in [4.78, 5) is 16.5. The number of aromatic nitrogens is 1. The van der Waals surface area contributed by atoms with E-state index in [0.717, 1.165) is 25.7 Å². The summed E-state index contributed by atoms with van der Waals surface area (Å²) in [5.74, 6) is 1.60. The highest BCUT2D eigenvalue weighted by Crippen LogP contribution is 2.22. The fourth-order valence-corrected chi connectivity index (χ4v) is 2.79. The molecule has 2 heterocycles. The van der Waals surface area contributed by atoms with Crippen LogP contribution in [0.5, 0.6) is 0 Å². The van der Waals surface area contributed by atoms with Crippen LogP contribution in [0.4, 0.5) is 0 Å². The molecule has 0 spiro atoms. The van der Waals surface area contributed by atoms with Gasteiger partial charge in [0.1, 0.15) is 5.76 Å². The molecule has 1 amide bonds. The largest absolute Gasteiger partial charge is 0.459 e. The Labute approximate surface area is 129 Å². The van der Waals surface area contributed by atoms with Gasteiger partial charge in [-0.05, 0) is 44.7 Å². The van der Waals surface area contributed by atoms with Crippen molar-refractivity contribution in [1.29, 1.82) is 0 Å². The molecule has 1 fully saturated rings. The van der Waals surface area contributed by atoms with Gasteiger partial charge in [-0.1, -0.05) is 0 Å². The molecule has 1 saturated carbocycles. The molecule has 0 atom stereocenters. The lowest BCUT2D eigenvalue weighted by molar-refractivity contribution is -0.121. The van der Waals surface area contributed by atoms with Gasteiger partial charge >= 0.3 is 0 Å². The van der Waals surface area contributed by atoms with E-state index in [4.69, 9.17) is 14.6 Å². The van der Waals surface area contributed by atoms with Gasteiger partial charge in [0.2, 0.25) is 5.91 Å². The normalized spacial score (nSPS) is 21.7. The summed E-state index contributed by atoms with van der Waals surface area (Å²) >= 11 is 0. The van der Waals surface area contributed by atoms with E-state index < -0.39 is 0 Å². The van der Waals surface area contributed by atoms with Crippen LogP contribution < -0.4 is 11.1 Å². The van der Waals surface area contributed by atoms with Crippen molar-refractivity contribution in [1.82, 2.24) is 10.3 Å².